The van der Waals surface area contributed by atoms with Crippen molar-refractivity contribution in [1.82, 2.24) is 0 Å². The summed E-state index contributed by atoms with van der Waals surface area (Å²) in [5.74, 6) is 0. The van der Waals surface area contributed by atoms with Crippen LogP contribution >= 0.6 is 0 Å². The van der Waals surface area contributed by atoms with E-state index in [1.807, 2.05) is 12.2 Å². The lowest BCUT2D eigenvalue weighted by molar-refractivity contribution is 0.554. The number of nitrogens with two attached hydrogens (primary N) is 1. The maximum absolute atomic E-state index is 5.82. The van der Waals surface area contributed by atoms with Crippen molar-refractivity contribution < 1.29 is 0 Å². The molecule has 1 unspecified atom stereocenters. The average molecular weight is 153 g/mol. The standard InChI is InChI=1S/C10H19N/c1-3-5-7-9-10(11)8-6-4-2/h3-4,10H,1-2,5-9,11H2. The Kier molecular flexibility index (Phi) is 7.16. The van der Waals surface area contributed by atoms with Crippen molar-refractivity contribution in [1.29, 1.82) is 0 Å². The quantitative estimate of drug-likeness (QED) is 0.441. The Balaban J connectivity index is 3.14. The molecule has 0 aliphatic rings. The van der Waals surface area contributed by atoms with E-state index in [0.717, 1.165) is 25.7 Å². The van der Waals surface area contributed by atoms with E-state index in [9.17, 15) is 0 Å². The minimum atomic E-state index is 0.355. The summed E-state index contributed by atoms with van der Waals surface area (Å²) in [7, 11) is 0. The zero-order chi connectivity index (χ0) is 8.53. The first-order valence-electron chi connectivity index (χ1n) is 4.28. The molecule has 64 valence electrons. The van der Waals surface area contributed by atoms with Gasteiger partial charge < -0.3 is 5.73 Å². The lowest BCUT2D eigenvalue weighted by Gasteiger charge is -2.08. The second-order valence-electron chi connectivity index (χ2n) is 2.85. The molecule has 0 bridgehead atoms. The molecule has 0 aromatic heterocycles. The van der Waals surface area contributed by atoms with Crippen molar-refractivity contribution in [3.05, 3.63) is 25.3 Å². The molecular formula is C10H19N. The van der Waals surface area contributed by atoms with Crippen molar-refractivity contribution >= 4 is 0 Å². The highest BCUT2D eigenvalue weighted by Crippen LogP contribution is 2.04. The van der Waals surface area contributed by atoms with E-state index in [1.165, 1.54) is 6.42 Å². The molecule has 0 spiro atoms. The van der Waals surface area contributed by atoms with Gasteiger partial charge in [-0.3, -0.25) is 0 Å². The molecule has 11 heavy (non-hydrogen) atoms. The summed E-state index contributed by atoms with van der Waals surface area (Å²) in [6.45, 7) is 7.32. The van der Waals surface area contributed by atoms with Gasteiger partial charge in [0.2, 0.25) is 0 Å². The second-order valence-corrected chi connectivity index (χ2v) is 2.85. The van der Waals surface area contributed by atoms with Crippen molar-refractivity contribution in [2.24, 2.45) is 5.73 Å². The third kappa shape index (κ3) is 7.34. The van der Waals surface area contributed by atoms with E-state index < -0.39 is 0 Å². The Hall–Kier alpha value is -0.560. The van der Waals surface area contributed by atoms with Gasteiger partial charge in [-0.05, 0) is 32.1 Å². The smallest absolute Gasteiger partial charge is 0.00418 e. The molecule has 0 saturated heterocycles. The maximum Gasteiger partial charge on any atom is 0.00418 e. The summed E-state index contributed by atoms with van der Waals surface area (Å²) < 4.78 is 0. The topological polar surface area (TPSA) is 26.0 Å². The Morgan fingerprint density at radius 3 is 2.27 bits per heavy atom. The van der Waals surface area contributed by atoms with Crippen LogP contribution in [0.2, 0.25) is 0 Å². The fourth-order valence-corrected chi connectivity index (χ4v) is 1.00. The summed E-state index contributed by atoms with van der Waals surface area (Å²) in [4.78, 5) is 0. The summed E-state index contributed by atoms with van der Waals surface area (Å²) >= 11 is 0. The van der Waals surface area contributed by atoms with Gasteiger partial charge in [-0.2, -0.15) is 0 Å². The van der Waals surface area contributed by atoms with Gasteiger partial charge in [0.25, 0.3) is 0 Å². The minimum absolute atomic E-state index is 0.355. The van der Waals surface area contributed by atoms with Crippen LogP contribution in [0.4, 0.5) is 0 Å². The van der Waals surface area contributed by atoms with Gasteiger partial charge in [0.05, 0.1) is 0 Å². The Bertz CT molecular complexity index is 107. The van der Waals surface area contributed by atoms with E-state index in [1.54, 1.807) is 0 Å². The predicted octanol–water partition coefficient (Wildman–Crippen LogP) is 2.64. The van der Waals surface area contributed by atoms with Crippen LogP contribution in [0.15, 0.2) is 25.3 Å². The number of rotatable bonds is 7. The summed E-state index contributed by atoms with van der Waals surface area (Å²) in [5.41, 5.74) is 5.82. The highest BCUT2D eigenvalue weighted by atomic mass is 14.6. The number of allylic oxidation sites excluding steroid dienone is 2. The molecular weight excluding hydrogens is 134 g/mol. The molecule has 0 aliphatic carbocycles. The molecule has 2 N–H and O–H groups in total. The van der Waals surface area contributed by atoms with Gasteiger partial charge in [0.15, 0.2) is 0 Å². The fraction of sp³-hybridized carbons (Fsp3) is 0.600. The first kappa shape index (κ1) is 10.4. The van der Waals surface area contributed by atoms with Crippen molar-refractivity contribution in [3.8, 4) is 0 Å². The van der Waals surface area contributed by atoms with E-state index in [-0.39, 0.29) is 0 Å². The van der Waals surface area contributed by atoms with Gasteiger partial charge in [-0.15, -0.1) is 13.2 Å². The molecule has 0 saturated carbocycles. The fourth-order valence-electron chi connectivity index (χ4n) is 1.00. The van der Waals surface area contributed by atoms with Crippen LogP contribution in [0, 0.1) is 0 Å². The summed E-state index contributed by atoms with van der Waals surface area (Å²) in [6.07, 6.45) is 9.34. The van der Waals surface area contributed by atoms with Crippen molar-refractivity contribution in [2.75, 3.05) is 0 Å². The first-order valence-corrected chi connectivity index (χ1v) is 4.28. The highest BCUT2D eigenvalue weighted by molar-refractivity contribution is 4.73. The molecule has 0 radical (unpaired) electrons. The molecule has 0 aromatic carbocycles. The average Bonchev–Trinajstić information content (AvgIpc) is 2.01. The highest BCUT2D eigenvalue weighted by Gasteiger charge is 1.98. The van der Waals surface area contributed by atoms with Gasteiger partial charge in [-0.1, -0.05) is 12.2 Å². The molecule has 1 atom stereocenters. The Labute approximate surface area is 70.0 Å². The molecule has 0 aromatic rings. The normalized spacial score (nSPS) is 12.5. The third-order valence-corrected chi connectivity index (χ3v) is 1.72. The van der Waals surface area contributed by atoms with E-state index >= 15 is 0 Å². The van der Waals surface area contributed by atoms with Crippen LogP contribution in [-0.4, -0.2) is 6.04 Å². The SMILES string of the molecule is C=CCCCC(N)CCC=C. The van der Waals surface area contributed by atoms with Crippen LogP contribution in [0.25, 0.3) is 0 Å². The zero-order valence-corrected chi connectivity index (χ0v) is 7.26. The second kappa shape index (κ2) is 7.55. The largest absolute Gasteiger partial charge is 0.328 e. The summed E-state index contributed by atoms with van der Waals surface area (Å²) in [5, 5.41) is 0. The molecule has 0 rings (SSSR count). The Morgan fingerprint density at radius 1 is 1.09 bits per heavy atom. The van der Waals surface area contributed by atoms with Crippen LogP contribution < -0.4 is 5.73 Å². The number of hydrogen-bond acceptors (Lipinski definition) is 1. The predicted molar refractivity (Wildman–Crippen MR) is 51.5 cm³/mol. The molecule has 0 amide bonds. The molecule has 1 nitrogen and oxygen atoms in total. The van der Waals surface area contributed by atoms with Crippen LogP contribution in [0.5, 0.6) is 0 Å². The molecule has 0 fully saturated rings. The lowest BCUT2D eigenvalue weighted by Crippen LogP contribution is -2.18. The van der Waals surface area contributed by atoms with Crippen LogP contribution in [0.3, 0.4) is 0 Å². The van der Waals surface area contributed by atoms with Crippen LogP contribution in [-0.2, 0) is 0 Å². The minimum Gasteiger partial charge on any atom is -0.328 e. The Morgan fingerprint density at radius 2 is 1.73 bits per heavy atom. The zero-order valence-electron chi connectivity index (χ0n) is 7.26. The summed E-state index contributed by atoms with van der Waals surface area (Å²) in [6, 6.07) is 0.355. The van der Waals surface area contributed by atoms with Gasteiger partial charge >= 0.3 is 0 Å². The van der Waals surface area contributed by atoms with Gasteiger partial charge in [0, 0.05) is 6.04 Å². The van der Waals surface area contributed by atoms with Gasteiger partial charge in [0.1, 0.15) is 0 Å². The first-order chi connectivity index (χ1) is 5.31. The molecule has 0 heterocycles. The third-order valence-electron chi connectivity index (χ3n) is 1.72. The maximum atomic E-state index is 5.82. The monoisotopic (exact) mass is 153 g/mol. The van der Waals surface area contributed by atoms with E-state index in [0.29, 0.717) is 6.04 Å². The molecule has 0 aliphatic heterocycles. The van der Waals surface area contributed by atoms with E-state index in [4.69, 9.17) is 5.73 Å². The van der Waals surface area contributed by atoms with Gasteiger partial charge in [-0.25, -0.2) is 0 Å². The van der Waals surface area contributed by atoms with E-state index in [2.05, 4.69) is 13.2 Å². The lowest BCUT2D eigenvalue weighted by atomic mass is 10.1. The number of unbranched alkanes of at least 4 members (excludes halogenated alkanes) is 1. The number of hydrogen-bond donors (Lipinski definition) is 1. The van der Waals surface area contributed by atoms with Crippen LogP contribution in [0.1, 0.15) is 32.1 Å². The van der Waals surface area contributed by atoms with Crippen molar-refractivity contribution in [3.63, 3.8) is 0 Å². The van der Waals surface area contributed by atoms with Crippen molar-refractivity contribution in [2.45, 2.75) is 38.1 Å². The molecule has 1 heteroatoms.